The third kappa shape index (κ3) is 5.54. The zero-order valence-corrected chi connectivity index (χ0v) is 33.3. The maximum atomic E-state index is 6.49. The lowest BCUT2D eigenvalue weighted by Crippen LogP contribution is -2.50. The second kappa shape index (κ2) is 13.0. The molecule has 0 saturated heterocycles. The molecule has 8 saturated carbocycles. The van der Waals surface area contributed by atoms with Crippen LogP contribution < -0.4 is 32.1 Å². The van der Waals surface area contributed by atoms with Crippen LogP contribution in [-0.4, -0.2) is 16.1 Å². The zero-order valence-electron chi connectivity index (χ0n) is 31.5. The molecule has 274 valence electrons. The van der Waals surface area contributed by atoms with Crippen molar-refractivity contribution in [2.75, 3.05) is 0 Å². The predicted octanol–water partition coefficient (Wildman–Crippen LogP) is 9.97. The Morgan fingerprint density at radius 1 is 0.352 bits per heavy atom. The summed E-state index contributed by atoms with van der Waals surface area (Å²) in [4.78, 5) is 6.13. The summed E-state index contributed by atoms with van der Waals surface area (Å²) in [6, 6.07) is 52.6. The van der Waals surface area contributed by atoms with Crippen molar-refractivity contribution in [1.29, 1.82) is 0 Å². The summed E-state index contributed by atoms with van der Waals surface area (Å²) >= 11 is 0. The number of hydrogen-bond acceptors (Lipinski definition) is 3. The van der Waals surface area contributed by atoms with E-state index < -0.39 is 14.1 Å². The van der Waals surface area contributed by atoms with Gasteiger partial charge in [-0.25, -0.2) is 4.98 Å². The number of benzene rings is 4. The van der Waals surface area contributed by atoms with E-state index in [2.05, 4.69) is 140 Å². The summed E-state index contributed by atoms with van der Waals surface area (Å²) in [6.45, 7) is 0. The largest absolute Gasteiger partial charge is 0.281 e. The van der Waals surface area contributed by atoms with Crippen LogP contribution in [0, 0.1) is 35.5 Å². The Morgan fingerprint density at radius 2 is 0.611 bits per heavy atom. The fourth-order valence-corrected chi connectivity index (χ4v) is 21.2. The molecule has 8 fully saturated rings. The Hall–Kier alpha value is -3.51. The molecule has 3 nitrogen and oxygen atoms in total. The van der Waals surface area contributed by atoms with Crippen LogP contribution in [0.25, 0.3) is 0 Å². The van der Waals surface area contributed by atoms with E-state index in [1.54, 1.807) is 0 Å². The maximum Gasteiger partial charge on any atom is 0.0891 e. The van der Waals surface area contributed by atoms with E-state index in [1.165, 1.54) is 98.3 Å². The molecule has 5 aromatic rings. The molecule has 0 N–H and O–H groups in total. The van der Waals surface area contributed by atoms with Crippen LogP contribution in [0.15, 0.2) is 149 Å². The van der Waals surface area contributed by atoms with Gasteiger partial charge >= 0.3 is 0 Å². The molecule has 8 aliphatic rings. The Labute approximate surface area is 322 Å². The molecule has 0 unspecified atom stereocenters. The number of hydrogen-bond donors (Lipinski definition) is 0. The maximum absolute atomic E-state index is 6.49. The molecular weight excluding hydrogens is 693 g/mol. The molecular formula is C49H53N3P2. The quantitative estimate of drug-likeness (QED) is 0.146. The summed E-state index contributed by atoms with van der Waals surface area (Å²) in [5, 5.41) is 5.33. The minimum Gasteiger partial charge on any atom is -0.281 e. The van der Waals surface area contributed by atoms with Crippen LogP contribution in [0.1, 0.15) is 77.0 Å². The lowest BCUT2D eigenvalue weighted by molar-refractivity contribution is 0.00241. The monoisotopic (exact) mass is 745 g/mol. The highest BCUT2D eigenvalue weighted by molar-refractivity contribution is 7.88. The van der Waals surface area contributed by atoms with Gasteiger partial charge in [0.1, 0.15) is 0 Å². The SMILES string of the molecule is c1ccc(P(=NC23CC4CC(CC(C4)C2)C3)(c2ccccc2)c2cccc(P(=NC34CC5CC(CC(C5)C3)C4)(c3ccccc3)c3ccccc3)n2)cc1. The normalized spacial score (nSPS) is 32.1. The van der Waals surface area contributed by atoms with E-state index in [0.717, 1.165) is 46.4 Å². The van der Waals surface area contributed by atoms with Crippen LogP contribution in [0.2, 0.25) is 0 Å². The van der Waals surface area contributed by atoms with E-state index in [9.17, 15) is 0 Å². The van der Waals surface area contributed by atoms with Gasteiger partial charge in [0.05, 0.1) is 36.1 Å². The fourth-order valence-electron chi connectivity index (χ4n) is 13.5. The highest BCUT2D eigenvalue weighted by Gasteiger charge is 2.54. The van der Waals surface area contributed by atoms with Crippen LogP contribution in [-0.2, 0) is 0 Å². The molecule has 13 rings (SSSR count). The van der Waals surface area contributed by atoms with Crippen LogP contribution in [0.3, 0.4) is 0 Å². The summed E-state index contributed by atoms with van der Waals surface area (Å²) < 4.78 is 13.0. The summed E-state index contributed by atoms with van der Waals surface area (Å²) in [5.41, 5.74) is 2.34. The zero-order chi connectivity index (χ0) is 35.8. The van der Waals surface area contributed by atoms with Crippen molar-refractivity contribution in [2.24, 2.45) is 45.0 Å². The molecule has 4 aromatic carbocycles. The van der Waals surface area contributed by atoms with Gasteiger partial charge in [-0.1, -0.05) is 127 Å². The summed E-state index contributed by atoms with van der Waals surface area (Å²) in [6.07, 6.45) is 15.9. The van der Waals surface area contributed by atoms with Crippen molar-refractivity contribution in [3.8, 4) is 0 Å². The first-order valence-corrected chi connectivity index (χ1v) is 24.5. The van der Waals surface area contributed by atoms with E-state index in [0.29, 0.717) is 0 Å². The van der Waals surface area contributed by atoms with Crippen molar-refractivity contribution >= 4 is 46.2 Å². The Kier molecular flexibility index (Phi) is 8.16. The molecule has 54 heavy (non-hydrogen) atoms. The average Bonchev–Trinajstić information content (AvgIpc) is 3.19. The van der Waals surface area contributed by atoms with Crippen molar-refractivity contribution in [3.63, 3.8) is 0 Å². The average molecular weight is 746 g/mol. The first kappa shape index (κ1) is 33.8. The molecule has 0 atom stereocenters. The molecule has 1 heterocycles. The molecule has 8 aliphatic carbocycles. The lowest BCUT2D eigenvalue weighted by atomic mass is 9.53. The third-order valence-electron chi connectivity index (χ3n) is 14.6. The topological polar surface area (TPSA) is 37.6 Å². The standard InChI is InChI=1S/C49H53N3P2/c1-5-14-42(15-6-1)53(43-16-7-2-8-17-43,51-48-30-36-24-37(31-48)26-38(25-36)32-48)46-22-13-23-47(50-46)54(44-18-9-3-10-19-44,45-20-11-4-12-21-45)52-49-33-39-27-40(34-49)29-41(28-39)35-49/h1-23,36-41H,24-35H2. The van der Waals surface area contributed by atoms with E-state index in [-0.39, 0.29) is 11.1 Å². The highest BCUT2D eigenvalue weighted by Crippen LogP contribution is 2.63. The molecule has 5 heteroatoms. The Balaban J connectivity index is 1.21. The van der Waals surface area contributed by atoms with Gasteiger partial charge in [0.2, 0.25) is 0 Å². The molecule has 0 amide bonds. The van der Waals surface area contributed by atoms with Gasteiger partial charge in [0.15, 0.2) is 0 Å². The van der Waals surface area contributed by atoms with Gasteiger partial charge in [-0.3, -0.25) is 9.49 Å². The van der Waals surface area contributed by atoms with Gasteiger partial charge in [0, 0.05) is 21.2 Å². The van der Waals surface area contributed by atoms with Crippen LogP contribution in [0.4, 0.5) is 0 Å². The van der Waals surface area contributed by atoms with Gasteiger partial charge in [-0.05, 0) is 125 Å². The first-order valence-electron chi connectivity index (χ1n) is 21.0. The smallest absolute Gasteiger partial charge is 0.0891 e. The van der Waals surface area contributed by atoms with Crippen molar-refractivity contribution < 1.29 is 0 Å². The fraction of sp³-hybridized carbons (Fsp3) is 0.408. The van der Waals surface area contributed by atoms with Crippen LogP contribution >= 0.6 is 14.1 Å². The van der Waals surface area contributed by atoms with Gasteiger partial charge in [-0.15, -0.1) is 0 Å². The Bertz CT molecular complexity index is 1950. The van der Waals surface area contributed by atoms with Gasteiger partial charge < -0.3 is 0 Å². The number of aromatic nitrogens is 1. The minimum absolute atomic E-state index is 0.0144. The lowest BCUT2D eigenvalue weighted by Gasteiger charge is -2.56. The third-order valence-corrected chi connectivity index (χ3v) is 22.1. The van der Waals surface area contributed by atoms with E-state index >= 15 is 0 Å². The summed E-state index contributed by atoms with van der Waals surface area (Å²) in [7, 11) is -5.12. The van der Waals surface area contributed by atoms with Gasteiger partial charge in [-0.2, -0.15) is 0 Å². The van der Waals surface area contributed by atoms with Crippen LogP contribution in [0.5, 0.6) is 0 Å². The first-order chi connectivity index (χ1) is 26.5. The van der Waals surface area contributed by atoms with Crippen molar-refractivity contribution in [3.05, 3.63) is 140 Å². The molecule has 0 radical (unpaired) electrons. The summed E-state index contributed by atoms with van der Waals surface area (Å²) in [5.74, 6) is 4.93. The molecule has 0 spiro atoms. The Morgan fingerprint density at radius 3 is 0.870 bits per heavy atom. The number of pyridine rings is 1. The van der Waals surface area contributed by atoms with Crippen molar-refractivity contribution in [2.45, 2.75) is 88.1 Å². The van der Waals surface area contributed by atoms with E-state index in [4.69, 9.17) is 14.5 Å². The second-order valence-corrected chi connectivity index (χ2v) is 24.4. The highest BCUT2D eigenvalue weighted by atomic mass is 31.2. The molecule has 0 aliphatic heterocycles. The number of rotatable bonds is 8. The molecule has 8 bridgehead atoms. The predicted molar refractivity (Wildman–Crippen MR) is 228 cm³/mol. The second-order valence-electron chi connectivity index (χ2n) is 18.5. The van der Waals surface area contributed by atoms with Crippen molar-refractivity contribution in [1.82, 2.24) is 4.98 Å². The molecule has 1 aromatic heterocycles. The minimum atomic E-state index is -2.56. The van der Waals surface area contributed by atoms with E-state index in [1.807, 2.05) is 0 Å². The van der Waals surface area contributed by atoms with Gasteiger partial charge in [0.25, 0.3) is 0 Å². The number of nitrogens with zero attached hydrogens (tertiary/aromatic N) is 3.